The van der Waals surface area contributed by atoms with E-state index in [2.05, 4.69) is 10.3 Å². The predicted molar refractivity (Wildman–Crippen MR) is 103 cm³/mol. The number of aromatic carboxylic acids is 1. The number of carboxylic acid groups (broad SMARTS) is 1. The summed E-state index contributed by atoms with van der Waals surface area (Å²) in [5, 5.41) is 12.1. The highest BCUT2D eigenvalue weighted by atomic mass is 32.2. The molecule has 2 aromatic rings. The standard InChI is InChI=1S/C19H13N3O4S/c1-22-13-9-5-3-7-11(13)14(17(22)24)15-16(23)21-19(27-15)20-12-8-4-2-6-10(12)18(25)26/h2-9H,1H3,(H,25,26)(H,20,21,23). The summed E-state index contributed by atoms with van der Waals surface area (Å²) in [6.45, 7) is 0. The number of hydrogen-bond donors (Lipinski definition) is 2. The van der Waals surface area contributed by atoms with Gasteiger partial charge < -0.3 is 15.3 Å². The molecule has 0 unspecified atom stereocenters. The second kappa shape index (κ2) is 6.40. The summed E-state index contributed by atoms with van der Waals surface area (Å²) < 4.78 is 0. The van der Waals surface area contributed by atoms with Gasteiger partial charge in [0.25, 0.3) is 11.8 Å². The van der Waals surface area contributed by atoms with Crippen molar-refractivity contribution < 1.29 is 19.5 Å². The monoisotopic (exact) mass is 379 g/mol. The van der Waals surface area contributed by atoms with Gasteiger partial charge in [-0.3, -0.25) is 9.59 Å². The van der Waals surface area contributed by atoms with Gasteiger partial charge in [-0.15, -0.1) is 0 Å². The molecule has 2 amide bonds. The smallest absolute Gasteiger partial charge is 0.337 e. The number of nitrogens with zero attached hydrogens (tertiary/aromatic N) is 2. The van der Waals surface area contributed by atoms with Crippen LogP contribution in [-0.2, 0) is 9.59 Å². The van der Waals surface area contributed by atoms with Gasteiger partial charge in [0.15, 0.2) is 5.17 Å². The van der Waals surface area contributed by atoms with Crippen LogP contribution in [0.5, 0.6) is 0 Å². The number of carboxylic acids is 1. The first kappa shape index (κ1) is 17.0. The summed E-state index contributed by atoms with van der Waals surface area (Å²) in [5.41, 5.74) is 2.01. The third kappa shape index (κ3) is 2.80. The van der Waals surface area contributed by atoms with Gasteiger partial charge in [0.05, 0.1) is 27.4 Å². The molecule has 1 fully saturated rings. The lowest BCUT2D eigenvalue weighted by atomic mass is 10.1. The number of carbonyl (C=O) groups is 3. The first-order valence-electron chi connectivity index (χ1n) is 7.99. The molecule has 0 saturated carbocycles. The molecular weight excluding hydrogens is 366 g/mol. The van der Waals surface area contributed by atoms with Crippen LogP contribution in [0.1, 0.15) is 15.9 Å². The fourth-order valence-corrected chi connectivity index (χ4v) is 3.91. The lowest BCUT2D eigenvalue weighted by Crippen LogP contribution is -2.23. The number of carbonyl (C=O) groups excluding carboxylic acids is 2. The number of amides is 2. The van der Waals surface area contributed by atoms with E-state index in [1.165, 1.54) is 11.0 Å². The number of rotatable bonds is 2. The first-order chi connectivity index (χ1) is 13.0. The normalized spacial score (nSPS) is 20.2. The number of para-hydroxylation sites is 2. The molecule has 134 valence electrons. The highest BCUT2D eigenvalue weighted by Gasteiger charge is 2.37. The van der Waals surface area contributed by atoms with Gasteiger partial charge in [-0.05, 0) is 30.0 Å². The van der Waals surface area contributed by atoms with Crippen LogP contribution in [-0.4, -0.2) is 35.1 Å². The molecular formula is C19H13N3O4S. The summed E-state index contributed by atoms with van der Waals surface area (Å²) in [5.74, 6) is -1.80. The zero-order chi connectivity index (χ0) is 19.1. The number of aliphatic imine (C=N–C) groups is 1. The highest BCUT2D eigenvalue weighted by Crippen LogP contribution is 2.42. The van der Waals surface area contributed by atoms with Crippen LogP contribution in [0.4, 0.5) is 11.4 Å². The molecule has 1 saturated heterocycles. The van der Waals surface area contributed by atoms with Crippen molar-refractivity contribution in [2.45, 2.75) is 0 Å². The average Bonchev–Trinajstić information content (AvgIpc) is 3.13. The van der Waals surface area contributed by atoms with E-state index in [-0.39, 0.29) is 27.2 Å². The van der Waals surface area contributed by atoms with Crippen LogP contribution in [0.2, 0.25) is 0 Å². The molecule has 0 radical (unpaired) electrons. The predicted octanol–water partition coefficient (Wildman–Crippen LogP) is 2.62. The van der Waals surface area contributed by atoms with Crippen molar-refractivity contribution in [2.75, 3.05) is 11.9 Å². The fourth-order valence-electron chi connectivity index (χ4n) is 2.99. The Hall–Kier alpha value is -3.39. The van der Waals surface area contributed by atoms with Crippen LogP contribution >= 0.6 is 11.8 Å². The summed E-state index contributed by atoms with van der Waals surface area (Å²) in [4.78, 5) is 42.5. The third-order valence-corrected chi connectivity index (χ3v) is 5.24. The van der Waals surface area contributed by atoms with E-state index in [1.807, 2.05) is 18.2 Å². The second-order valence-corrected chi connectivity index (χ2v) is 6.88. The SMILES string of the molecule is CN1C(=O)C(=C2SC(=Nc3ccccc3C(=O)O)NC2=O)c2ccccc21. The number of amidine groups is 1. The Balaban J connectivity index is 1.77. The summed E-state index contributed by atoms with van der Waals surface area (Å²) in [7, 11) is 1.66. The molecule has 0 aliphatic carbocycles. The van der Waals surface area contributed by atoms with Crippen molar-refractivity contribution in [3.05, 3.63) is 64.6 Å². The minimum absolute atomic E-state index is 0.0305. The van der Waals surface area contributed by atoms with E-state index in [1.54, 1.807) is 31.3 Å². The maximum atomic E-state index is 12.7. The van der Waals surface area contributed by atoms with Crippen LogP contribution < -0.4 is 10.2 Å². The largest absolute Gasteiger partial charge is 0.478 e. The molecule has 2 aromatic carbocycles. The van der Waals surface area contributed by atoms with E-state index in [4.69, 9.17) is 0 Å². The van der Waals surface area contributed by atoms with E-state index >= 15 is 0 Å². The molecule has 27 heavy (non-hydrogen) atoms. The van der Waals surface area contributed by atoms with Gasteiger partial charge in [0, 0.05) is 12.6 Å². The van der Waals surface area contributed by atoms with E-state index in [0.29, 0.717) is 11.1 Å². The summed E-state index contributed by atoms with van der Waals surface area (Å²) in [6.07, 6.45) is 0. The lowest BCUT2D eigenvalue weighted by Gasteiger charge is -2.08. The van der Waals surface area contributed by atoms with Gasteiger partial charge in [-0.2, -0.15) is 0 Å². The Morgan fingerprint density at radius 2 is 1.81 bits per heavy atom. The molecule has 8 heteroatoms. The van der Waals surface area contributed by atoms with Crippen LogP contribution in [0.3, 0.4) is 0 Å². The number of hydrogen-bond acceptors (Lipinski definition) is 5. The summed E-state index contributed by atoms with van der Waals surface area (Å²) in [6, 6.07) is 13.5. The number of fused-ring (bicyclic) bond motifs is 1. The Labute approximate surface area is 158 Å². The fraction of sp³-hybridized carbons (Fsp3) is 0.0526. The van der Waals surface area contributed by atoms with Crippen LogP contribution in [0.25, 0.3) is 5.57 Å². The minimum atomic E-state index is -1.11. The van der Waals surface area contributed by atoms with Crippen molar-refractivity contribution in [3.63, 3.8) is 0 Å². The molecule has 7 nitrogen and oxygen atoms in total. The van der Waals surface area contributed by atoms with Gasteiger partial charge in [0.1, 0.15) is 0 Å². The Kier molecular flexibility index (Phi) is 4.04. The van der Waals surface area contributed by atoms with Gasteiger partial charge in [0.2, 0.25) is 0 Å². The number of likely N-dealkylation sites (N-methyl/N-ethyl adjacent to an activating group) is 1. The molecule has 0 bridgehead atoms. The van der Waals surface area contributed by atoms with Crippen molar-refractivity contribution in [3.8, 4) is 0 Å². The topological polar surface area (TPSA) is 99.1 Å². The molecule has 2 aliphatic rings. The summed E-state index contributed by atoms with van der Waals surface area (Å²) >= 11 is 1.03. The zero-order valence-corrected chi connectivity index (χ0v) is 14.9. The maximum Gasteiger partial charge on any atom is 0.337 e. The van der Waals surface area contributed by atoms with Gasteiger partial charge in [-0.1, -0.05) is 30.3 Å². The Morgan fingerprint density at radius 1 is 1.11 bits per heavy atom. The van der Waals surface area contributed by atoms with Crippen molar-refractivity contribution in [1.29, 1.82) is 0 Å². The van der Waals surface area contributed by atoms with E-state index in [0.717, 1.165) is 17.4 Å². The average molecular weight is 379 g/mol. The molecule has 4 rings (SSSR count). The number of benzene rings is 2. The van der Waals surface area contributed by atoms with E-state index < -0.39 is 11.9 Å². The first-order valence-corrected chi connectivity index (χ1v) is 8.81. The molecule has 0 aromatic heterocycles. The van der Waals surface area contributed by atoms with Crippen LogP contribution in [0.15, 0.2) is 58.4 Å². The Morgan fingerprint density at radius 3 is 2.59 bits per heavy atom. The van der Waals surface area contributed by atoms with Gasteiger partial charge in [-0.25, -0.2) is 9.79 Å². The van der Waals surface area contributed by atoms with Crippen molar-refractivity contribution in [2.24, 2.45) is 4.99 Å². The highest BCUT2D eigenvalue weighted by molar-refractivity contribution is 8.18. The maximum absolute atomic E-state index is 12.7. The van der Waals surface area contributed by atoms with Crippen molar-refractivity contribution in [1.82, 2.24) is 5.32 Å². The minimum Gasteiger partial charge on any atom is -0.478 e. The lowest BCUT2D eigenvalue weighted by molar-refractivity contribution is -0.116. The number of nitrogens with one attached hydrogen (secondary N) is 1. The Bertz CT molecular complexity index is 1070. The molecule has 2 aliphatic heterocycles. The number of anilines is 1. The van der Waals surface area contributed by atoms with Crippen molar-refractivity contribution >= 4 is 51.7 Å². The molecule has 2 N–H and O–H groups in total. The quantitative estimate of drug-likeness (QED) is 0.782. The molecule has 2 heterocycles. The molecule has 0 atom stereocenters. The number of thioether (sulfide) groups is 1. The van der Waals surface area contributed by atoms with Gasteiger partial charge >= 0.3 is 5.97 Å². The zero-order valence-electron chi connectivity index (χ0n) is 14.1. The second-order valence-electron chi connectivity index (χ2n) is 5.88. The van der Waals surface area contributed by atoms with E-state index in [9.17, 15) is 19.5 Å². The van der Waals surface area contributed by atoms with Crippen LogP contribution in [0, 0.1) is 0 Å². The molecule has 0 spiro atoms. The third-order valence-electron chi connectivity index (χ3n) is 4.26.